The third-order valence-corrected chi connectivity index (χ3v) is 15.7. The molecule has 6 rings (SSSR count). The Morgan fingerprint density at radius 3 is 2.14 bits per heavy atom. The summed E-state index contributed by atoms with van der Waals surface area (Å²) in [5.74, 6) is -0.105. The Bertz CT molecular complexity index is 1390. The van der Waals surface area contributed by atoms with Crippen molar-refractivity contribution in [3.05, 3.63) is 68.7 Å². The van der Waals surface area contributed by atoms with Crippen LogP contribution in [0.4, 0.5) is 13.2 Å². The molecule has 5 nitrogen and oxygen atoms in total. The summed E-state index contributed by atoms with van der Waals surface area (Å²) in [6, 6.07) is 5.27. The Morgan fingerprint density at radius 1 is 1.00 bits per heavy atom. The van der Waals surface area contributed by atoms with Crippen molar-refractivity contribution < 1.29 is 31.8 Å². The quantitative estimate of drug-likeness (QED) is 0.196. The van der Waals surface area contributed by atoms with E-state index in [1.807, 2.05) is 13.8 Å². The van der Waals surface area contributed by atoms with Crippen LogP contribution in [0.5, 0.6) is 0 Å². The monoisotopic (exact) mass is 617 g/mol. The molecule has 9 heteroatoms. The van der Waals surface area contributed by atoms with E-state index in [1.165, 1.54) is 23.3 Å². The second-order valence-electron chi connectivity index (χ2n) is 15.3. The molecule has 2 aromatic rings. The second kappa shape index (κ2) is 10.3. The minimum absolute atomic E-state index is 0.0124. The van der Waals surface area contributed by atoms with Gasteiger partial charge in [0.25, 0.3) is 0 Å². The highest BCUT2D eigenvalue weighted by Gasteiger charge is 2.58. The zero-order valence-electron chi connectivity index (χ0n) is 26.6. The summed E-state index contributed by atoms with van der Waals surface area (Å²) in [6.07, 6.45) is 0.934. The van der Waals surface area contributed by atoms with E-state index in [2.05, 4.69) is 33.9 Å². The normalized spacial score (nSPS) is 24.7. The summed E-state index contributed by atoms with van der Waals surface area (Å²) >= 11 is 0. The molecular formula is C34H46F3NO4Si. The van der Waals surface area contributed by atoms with E-state index in [4.69, 9.17) is 13.9 Å². The molecule has 0 amide bonds. The predicted octanol–water partition coefficient (Wildman–Crippen LogP) is 8.77. The first-order valence-corrected chi connectivity index (χ1v) is 18.8. The first-order valence-electron chi connectivity index (χ1n) is 15.9. The standard InChI is InChI=1S/C34H46F3NO4Si/c1-21(2)29-27-28(33(15-17-40-18-16-33)41-30(27)22-9-11-23(12-10-22)34(35,36)37)26-24(38(29)39)19-32(13-8-14-32)20-25(26)42-43(6,7)31(3,4)5/h9-12,21,25,30H,8,13-20H2,1-7H3. The van der Waals surface area contributed by atoms with Crippen LogP contribution in [-0.2, 0) is 32.1 Å². The third-order valence-electron chi connectivity index (χ3n) is 11.2. The van der Waals surface area contributed by atoms with Gasteiger partial charge in [-0.1, -0.05) is 53.2 Å². The highest BCUT2D eigenvalue weighted by Crippen LogP contribution is 2.61. The van der Waals surface area contributed by atoms with Gasteiger partial charge in [0, 0.05) is 44.0 Å². The molecule has 4 aliphatic rings. The number of aromatic nitrogens is 1. The first-order chi connectivity index (χ1) is 20.0. The molecule has 1 saturated carbocycles. The van der Waals surface area contributed by atoms with E-state index in [9.17, 15) is 18.4 Å². The molecule has 2 fully saturated rings. The highest BCUT2D eigenvalue weighted by molar-refractivity contribution is 6.74. The molecular weight excluding hydrogens is 571 g/mol. The van der Waals surface area contributed by atoms with E-state index < -0.39 is 31.8 Å². The Labute approximate surface area is 254 Å². The van der Waals surface area contributed by atoms with Crippen LogP contribution in [0.25, 0.3) is 0 Å². The van der Waals surface area contributed by atoms with Crippen LogP contribution >= 0.6 is 0 Å². The average Bonchev–Trinajstić information content (AvgIpc) is 3.20. The van der Waals surface area contributed by atoms with Gasteiger partial charge in [-0.3, -0.25) is 0 Å². The molecule has 236 valence electrons. The van der Waals surface area contributed by atoms with Crippen LogP contribution in [0.3, 0.4) is 0 Å². The Hall–Kier alpha value is -1.94. The van der Waals surface area contributed by atoms with Gasteiger partial charge < -0.3 is 19.1 Å². The molecule has 2 aliphatic carbocycles. The van der Waals surface area contributed by atoms with Crippen molar-refractivity contribution in [3.8, 4) is 0 Å². The van der Waals surface area contributed by atoms with Crippen LogP contribution in [-0.4, -0.2) is 21.5 Å². The lowest BCUT2D eigenvalue weighted by Crippen LogP contribution is -2.51. The van der Waals surface area contributed by atoms with E-state index in [0.717, 1.165) is 60.2 Å². The lowest BCUT2D eigenvalue weighted by molar-refractivity contribution is -0.626. The summed E-state index contributed by atoms with van der Waals surface area (Å²) in [5.41, 5.74) is 3.69. The van der Waals surface area contributed by atoms with Gasteiger partial charge in [0.05, 0.1) is 28.4 Å². The number of rotatable bonds is 4. The van der Waals surface area contributed by atoms with Crippen molar-refractivity contribution in [3.63, 3.8) is 0 Å². The van der Waals surface area contributed by atoms with Crippen LogP contribution in [0, 0.1) is 10.6 Å². The lowest BCUT2D eigenvalue weighted by atomic mass is 9.58. The molecule has 0 radical (unpaired) electrons. The summed E-state index contributed by atoms with van der Waals surface area (Å²) in [7, 11) is -2.25. The van der Waals surface area contributed by atoms with E-state index >= 15 is 0 Å². The number of hydrogen-bond donors (Lipinski definition) is 0. The molecule has 0 bridgehead atoms. The van der Waals surface area contributed by atoms with Gasteiger partial charge in [-0.15, -0.1) is 0 Å². The van der Waals surface area contributed by atoms with Crippen LogP contribution in [0.2, 0.25) is 18.1 Å². The number of fused-ring (bicyclic) bond motifs is 4. The van der Waals surface area contributed by atoms with Crippen LogP contribution in [0.15, 0.2) is 24.3 Å². The van der Waals surface area contributed by atoms with Crippen molar-refractivity contribution in [2.45, 2.75) is 128 Å². The maximum Gasteiger partial charge on any atom is 0.416 e. The minimum Gasteiger partial charge on any atom is -0.618 e. The molecule has 1 saturated heterocycles. The van der Waals surface area contributed by atoms with Gasteiger partial charge in [-0.25, -0.2) is 0 Å². The van der Waals surface area contributed by atoms with Crippen molar-refractivity contribution >= 4 is 8.32 Å². The van der Waals surface area contributed by atoms with Gasteiger partial charge in [0.15, 0.2) is 14.0 Å². The Balaban J connectivity index is 1.61. The maximum absolute atomic E-state index is 14.6. The molecule has 2 unspecified atom stereocenters. The minimum atomic E-state index is -4.43. The first kappa shape index (κ1) is 31.1. The fourth-order valence-electron chi connectivity index (χ4n) is 7.70. The number of ether oxygens (including phenoxy) is 2. The van der Waals surface area contributed by atoms with Gasteiger partial charge in [-0.05, 0) is 60.5 Å². The van der Waals surface area contributed by atoms with E-state index in [1.54, 1.807) is 0 Å². The topological polar surface area (TPSA) is 54.6 Å². The average molecular weight is 618 g/mol. The highest BCUT2D eigenvalue weighted by atomic mass is 28.4. The van der Waals surface area contributed by atoms with E-state index in [0.29, 0.717) is 37.3 Å². The van der Waals surface area contributed by atoms with Crippen LogP contribution in [0.1, 0.15) is 130 Å². The van der Waals surface area contributed by atoms with Gasteiger partial charge >= 0.3 is 6.18 Å². The SMILES string of the molecule is CC(C)c1c2c(c3c([n+]1[O-])CC1(CCC1)CC3O[Si](C)(C)C(C)(C)C)C1(CCOCC1)OC2c1ccc(C(F)(F)F)cc1. The summed E-state index contributed by atoms with van der Waals surface area (Å²) in [4.78, 5) is 0. The zero-order valence-corrected chi connectivity index (χ0v) is 27.6. The van der Waals surface area contributed by atoms with Crippen molar-refractivity contribution in [1.29, 1.82) is 0 Å². The largest absolute Gasteiger partial charge is 0.618 e. The van der Waals surface area contributed by atoms with Gasteiger partial charge in [0.2, 0.25) is 5.69 Å². The third kappa shape index (κ3) is 5.06. The maximum atomic E-state index is 14.6. The summed E-state index contributed by atoms with van der Waals surface area (Å²) < 4.78 is 61.8. The summed E-state index contributed by atoms with van der Waals surface area (Å²) in [6.45, 7) is 16.4. The lowest BCUT2D eigenvalue weighted by Gasteiger charge is -2.50. The molecule has 2 spiro atoms. The predicted molar refractivity (Wildman–Crippen MR) is 161 cm³/mol. The molecule has 2 atom stereocenters. The smallest absolute Gasteiger partial charge is 0.416 e. The van der Waals surface area contributed by atoms with Crippen molar-refractivity contribution in [2.75, 3.05) is 13.2 Å². The van der Waals surface area contributed by atoms with Crippen molar-refractivity contribution in [2.24, 2.45) is 5.41 Å². The van der Waals surface area contributed by atoms with E-state index in [-0.39, 0.29) is 22.5 Å². The van der Waals surface area contributed by atoms with Crippen molar-refractivity contribution in [1.82, 2.24) is 0 Å². The number of benzene rings is 1. The molecule has 1 aromatic carbocycles. The number of alkyl halides is 3. The summed E-state index contributed by atoms with van der Waals surface area (Å²) in [5, 5.41) is 14.6. The van der Waals surface area contributed by atoms with Gasteiger partial charge in [0.1, 0.15) is 6.10 Å². The fourth-order valence-corrected chi connectivity index (χ4v) is 8.97. The molecule has 0 N–H and O–H groups in total. The second-order valence-corrected chi connectivity index (χ2v) is 20.1. The number of pyridine rings is 1. The Morgan fingerprint density at radius 2 is 1.63 bits per heavy atom. The number of halogens is 3. The number of nitrogens with zero attached hydrogens (tertiary/aromatic N) is 1. The molecule has 2 aliphatic heterocycles. The molecule has 43 heavy (non-hydrogen) atoms. The zero-order chi connectivity index (χ0) is 31.2. The fraction of sp³-hybridized carbons (Fsp3) is 0.676. The Kier molecular flexibility index (Phi) is 7.43. The number of hydrogen-bond acceptors (Lipinski definition) is 4. The van der Waals surface area contributed by atoms with Crippen LogP contribution < -0.4 is 4.73 Å². The van der Waals surface area contributed by atoms with Gasteiger partial charge in [-0.2, -0.15) is 17.9 Å². The molecule has 3 heterocycles. The molecule has 1 aromatic heterocycles.